The predicted octanol–water partition coefficient (Wildman–Crippen LogP) is 2.23. The Kier molecular flexibility index (Phi) is 3.15. The number of rotatable bonds is 2. The SMILES string of the molecule is O=C1CN(c2cc(Cl)ccc2Cl)C(=O)C(C2CC2)N1. The molecule has 3 rings (SSSR count). The Bertz CT molecular complexity index is 558. The van der Waals surface area contributed by atoms with Gasteiger partial charge in [0.1, 0.15) is 12.6 Å². The summed E-state index contributed by atoms with van der Waals surface area (Å²) in [6.07, 6.45) is 1.96. The highest BCUT2D eigenvalue weighted by Crippen LogP contribution is 2.37. The van der Waals surface area contributed by atoms with Gasteiger partial charge >= 0.3 is 0 Å². The lowest BCUT2D eigenvalue weighted by molar-refractivity contribution is -0.131. The van der Waals surface area contributed by atoms with Crippen LogP contribution in [0.3, 0.4) is 0 Å². The molecule has 0 radical (unpaired) electrons. The Morgan fingerprint density at radius 3 is 2.63 bits per heavy atom. The van der Waals surface area contributed by atoms with Crippen LogP contribution in [0, 0.1) is 5.92 Å². The molecule has 0 bridgehead atoms. The summed E-state index contributed by atoms with van der Waals surface area (Å²) in [5.41, 5.74) is 0.500. The van der Waals surface area contributed by atoms with Gasteiger partial charge in [-0.2, -0.15) is 0 Å². The maximum absolute atomic E-state index is 12.4. The second-order valence-electron chi connectivity index (χ2n) is 4.90. The van der Waals surface area contributed by atoms with E-state index in [0.29, 0.717) is 15.7 Å². The van der Waals surface area contributed by atoms with Crippen molar-refractivity contribution in [2.24, 2.45) is 5.92 Å². The van der Waals surface area contributed by atoms with Gasteiger partial charge in [0, 0.05) is 5.02 Å². The topological polar surface area (TPSA) is 49.4 Å². The van der Waals surface area contributed by atoms with Crippen LogP contribution in [-0.4, -0.2) is 24.4 Å². The molecule has 1 heterocycles. The highest BCUT2D eigenvalue weighted by molar-refractivity contribution is 6.36. The molecular formula is C13H12Cl2N2O2. The van der Waals surface area contributed by atoms with Gasteiger partial charge in [0.05, 0.1) is 10.7 Å². The summed E-state index contributed by atoms with van der Waals surface area (Å²) < 4.78 is 0. The van der Waals surface area contributed by atoms with Crippen LogP contribution in [0.2, 0.25) is 10.0 Å². The van der Waals surface area contributed by atoms with Crippen LogP contribution in [0.25, 0.3) is 0 Å². The van der Waals surface area contributed by atoms with Crippen LogP contribution in [-0.2, 0) is 9.59 Å². The summed E-state index contributed by atoms with van der Waals surface area (Å²) in [5.74, 6) is -0.00369. The van der Waals surface area contributed by atoms with Gasteiger partial charge in [0.2, 0.25) is 11.8 Å². The molecule has 1 aliphatic heterocycles. The summed E-state index contributed by atoms with van der Waals surface area (Å²) in [6, 6.07) is 4.48. The van der Waals surface area contributed by atoms with Gasteiger partial charge in [-0.15, -0.1) is 0 Å². The van der Waals surface area contributed by atoms with Crippen molar-refractivity contribution >= 4 is 40.7 Å². The van der Waals surface area contributed by atoms with E-state index in [-0.39, 0.29) is 24.3 Å². The second kappa shape index (κ2) is 4.69. The van der Waals surface area contributed by atoms with E-state index in [2.05, 4.69) is 5.32 Å². The molecule has 6 heteroatoms. The molecule has 1 aromatic rings. The Balaban J connectivity index is 1.95. The first-order chi connectivity index (χ1) is 9.06. The van der Waals surface area contributed by atoms with Crippen molar-refractivity contribution in [3.63, 3.8) is 0 Å². The summed E-state index contributed by atoms with van der Waals surface area (Å²) >= 11 is 12.0. The lowest BCUT2D eigenvalue weighted by Crippen LogP contribution is -2.59. The van der Waals surface area contributed by atoms with E-state index in [9.17, 15) is 9.59 Å². The zero-order valence-corrected chi connectivity index (χ0v) is 11.5. The van der Waals surface area contributed by atoms with Gasteiger partial charge in [0.15, 0.2) is 0 Å². The van der Waals surface area contributed by atoms with Crippen molar-refractivity contribution < 1.29 is 9.59 Å². The standard InChI is InChI=1S/C13H12Cl2N2O2/c14-8-3-4-9(15)10(5-8)17-6-11(18)16-12(13(17)19)7-1-2-7/h3-5,7,12H,1-2,6H2,(H,16,18). The molecule has 19 heavy (non-hydrogen) atoms. The Labute approximate surface area is 120 Å². The first-order valence-electron chi connectivity index (χ1n) is 6.12. The van der Waals surface area contributed by atoms with Gasteiger partial charge in [-0.25, -0.2) is 0 Å². The Morgan fingerprint density at radius 1 is 1.21 bits per heavy atom. The van der Waals surface area contributed by atoms with Crippen molar-refractivity contribution in [2.45, 2.75) is 18.9 Å². The molecule has 2 fully saturated rings. The lowest BCUT2D eigenvalue weighted by atomic mass is 10.1. The number of anilines is 1. The number of nitrogens with zero attached hydrogens (tertiary/aromatic N) is 1. The molecule has 1 saturated heterocycles. The van der Waals surface area contributed by atoms with E-state index < -0.39 is 6.04 Å². The smallest absolute Gasteiger partial charge is 0.250 e. The quantitative estimate of drug-likeness (QED) is 0.910. The molecule has 2 aliphatic rings. The lowest BCUT2D eigenvalue weighted by Gasteiger charge is -2.33. The minimum absolute atomic E-state index is 0.0118. The summed E-state index contributed by atoms with van der Waals surface area (Å²) in [7, 11) is 0. The molecule has 0 spiro atoms. The molecule has 1 aromatic carbocycles. The highest BCUT2D eigenvalue weighted by Gasteiger charge is 2.43. The summed E-state index contributed by atoms with van der Waals surface area (Å²) in [5, 5.41) is 3.66. The number of hydrogen-bond donors (Lipinski definition) is 1. The predicted molar refractivity (Wildman–Crippen MR) is 73.5 cm³/mol. The molecule has 1 atom stereocenters. The van der Waals surface area contributed by atoms with E-state index in [4.69, 9.17) is 23.2 Å². The Morgan fingerprint density at radius 2 is 1.95 bits per heavy atom. The fourth-order valence-corrected chi connectivity index (χ4v) is 2.70. The minimum Gasteiger partial charge on any atom is -0.342 e. The molecular weight excluding hydrogens is 287 g/mol. The number of nitrogens with one attached hydrogen (secondary N) is 1. The van der Waals surface area contributed by atoms with E-state index in [1.807, 2.05) is 0 Å². The van der Waals surface area contributed by atoms with E-state index in [0.717, 1.165) is 12.8 Å². The number of halogens is 2. The third-order valence-electron chi connectivity index (χ3n) is 3.44. The van der Waals surface area contributed by atoms with Crippen molar-refractivity contribution in [1.82, 2.24) is 5.32 Å². The average Bonchev–Trinajstić information content (AvgIpc) is 3.19. The van der Waals surface area contributed by atoms with Crippen molar-refractivity contribution in [3.05, 3.63) is 28.2 Å². The molecule has 1 unspecified atom stereocenters. The van der Waals surface area contributed by atoms with Crippen LogP contribution >= 0.6 is 23.2 Å². The maximum atomic E-state index is 12.4. The van der Waals surface area contributed by atoms with Crippen LogP contribution in [0.5, 0.6) is 0 Å². The molecule has 2 amide bonds. The van der Waals surface area contributed by atoms with Crippen molar-refractivity contribution in [3.8, 4) is 0 Å². The van der Waals surface area contributed by atoms with Crippen LogP contribution in [0.1, 0.15) is 12.8 Å². The zero-order chi connectivity index (χ0) is 13.6. The summed E-state index contributed by atoms with van der Waals surface area (Å²) in [6.45, 7) is -0.0118. The van der Waals surface area contributed by atoms with E-state index >= 15 is 0 Å². The van der Waals surface area contributed by atoms with Gasteiger partial charge < -0.3 is 5.32 Å². The fraction of sp³-hybridized carbons (Fsp3) is 0.385. The average molecular weight is 299 g/mol. The third kappa shape index (κ3) is 2.42. The number of benzene rings is 1. The Hall–Kier alpha value is -1.26. The van der Waals surface area contributed by atoms with Crippen LogP contribution in [0.15, 0.2) is 18.2 Å². The van der Waals surface area contributed by atoms with Gasteiger partial charge in [-0.1, -0.05) is 23.2 Å². The number of amides is 2. The second-order valence-corrected chi connectivity index (χ2v) is 5.75. The third-order valence-corrected chi connectivity index (χ3v) is 4.00. The van der Waals surface area contributed by atoms with Gasteiger partial charge in [-0.3, -0.25) is 14.5 Å². The minimum atomic E-state index is -0.420. The fourth-order valence-electron chi connectivity index (χ4n) is 2.32. The molecule has 1 aliphatic carbocycles. The summed E-state index contributed by atoms with van der Waals surface area (Å²) in [4.78, 5) is 25.6. The number of piperazine rings is 1. The monoisotopic (exact) mass is 298 g/mol. The molecule has 1 saturated carbocycles. The first-order valence-corrected chi connectivity index (χ1v) is 6.87. The maximum Gasteiger partial charge on any atom is 0.250 e. The molecule has 0 aromatic heterocycles. The van der Waals surface area contributed by atoms with Gasteiger partial charge in [-0.05, 0) is 37.0 Å². The normalized spacial score (nSPS) is 23.5. The molecule has 1 N–H and O–H groups in total. The highest BCUT2D eigenvalue weighted by atomic mass is 35.5. The van der Waals surface area contributed by atoms with Crippen molar-refractivity contribution in [2.75, 3.05) is 11.4 Å². The zero-order valence-electron chi connectivity index (χ0n) is 10.0. The number of carbonyl (C=O) groups excluding carboxylic acids is 2. The van der Waals surface area contributed by atoms with Crippen molar-refractivity contribution in [1.29, 1.82) is 0 Å². The number of carbonyl (C=O) groups is 2. The van der Waals surface area contributed by atoms with E-state index in [1.165, 1.54) is 4.90 Å². The largest absolute Gasteiger partial charge is 0.342 e. The molecule has 4 nitrogen and oxygen atoms in total. The van der Waals surface area contributed by atoms with Gasteiger partial charge in [0.25, 0.3) is 0 Å². The van der Waals surface area contributed by atoms with E-state index in [1.54, 1.807) is 18.2 Å². The van der Waals surface area contributed by atoms with Crippen LogP contribution < -0.4 is 10.2 Å². The first kappa shape index (κ1) is 12.8. The number of hydrogen-bond acceptors (Lipinski definition) is 2. The molecule has 100 valence electrons. The van der Waals surface area contributed by atoms with Crippen LogP contribution in [0.4, 0.5) is 5.69 Å².